The van der Waals surface area contributed by atoms with E-state index < -0.39 is 21.7 Å². The van der Waals surface area contributed by atoms with Crippen molar-refractivity contribution in [2.45, 2.75) is 4.90 Å². The molecule has 1 aliphatic rings. The Morgan fingerprint density at radius 2 is 1.91 bits per heavy atom. The summed E-state index contributed by atoms with van der Waals surface area (Å²) in [6, 6.07) is 3.22. The van der Waals surface area contributed by atoms with E-state index in [4.69, 9.17) is 0 Å². The van der Waals surface area contributed by atoms with Crippen molar-refractivity contribution in [1.82, 2.24) is 14.7 Å². The first kappa shape index (κ1) is 17.8. The minimum Gasteiger partial charge on any atom is -0.335 e. The van der Waals surface area contributed by atoms with E-state index in [2.05, 4.69) is 12.5 Å². The first-order valence-corrected chi connectivity index (χ1v) is 8.75. The number of nitrogens with one attached hydrogen (secondary N) is 2. The van der Waals surface area contributed by atoms with Gasteiger partial charge in [0.25, 0.3) is 5.91 Å². The Morgan fingerprint density at radius 1 is 1.30 bits per heavy atom. The van der Waals surface area contributed by atoms with Crippen LogP contribution in [0.2, 0.25) is 0 Å². The van der Waals surface area contributed by atoms with Gasteiger partial charge in [0.05, 0.1) is 43.7 Å². The number of benzene rings is 1. The Kier molecular flexibility index (Phi) is 5.35. The Morgan fingerprint density at radius 3 is 2.48 bits per heavy atom. The van der Waals surface area contributed by atoms with Crippen LogP contribution in [0.3, 0.4) is 0 Å². The van der Waals surface area contributed by atoms with Gasteiger partial charge in [0.1, 0.15) is 5.82 Å². The molecule has 1 aliphatic heterocycles. The van der Waals surface area contributed by atoms with E-state index in [0.717, 1.165) is 35.6 Å². The van der Waals surface area contributed by atoms with E-state index in [1.807, 2.05) is 0 Å². The number of sulfonamides is 1. The smallest absolute Gasteiger partial charge is 0.268 e. The van der Waals surface area contributed by atoms with Crippen molar-refractivity contribution in [1.29, 1.82) is 0 Å². The molecule has 0 atom stereocenters. The van der Waals surface area contributed by atoms with Crippen LogP contribution in [0.1, 0.15) is 10.4 Å². The van der Waals surface area contributed by atoms with Crippen LogP contribution in [-0.2, 0) is 10.0 Å². The van der Waals surface area contributed by atoms with Crippen molar-refractivity contribution in [3.05, 3.63) is 29.6 Å². The molecule has 1 amide bonds. The molecule has 0 aromatic heterocycles. The number of hydrogen-bond acceptors (Lipinski definition) is 4. The number of quaternary nitrogens is 1. The van der Waals surface area contributed by atoms with Gasteiger partial charge in [-0.15, -0.1) is 0 Å². The molecule has 2 N–H and O–H groups in total. The number of hydrazine groups is 1. The highest BCUT2D eigenvalue weighted by atomic mass is 32.2. The van der Waals surface area contributed by atoms with Gasteiger partial charge in [0.2, 0.25) is 10.0 Å². The SMILES string of the molecule is CN(C)S(=O)(=O)c1ccc(F)c(C(=O)NN2CC[NH+](C)CC2)c1. The van der Waals surface area contributed by atoms with E-state index in [-0.39, 0.29) is 10.5 Å². The summed E-state index contributed by atoms with van der Waals surface area (Å²) >= 11 is 0. The van der Waals surface area contributed by atoms with E-state index in [1.165, 1.54) is 19.0 Å². The van der Waals surface area contributed by atoms with Gasteiger partial charge in [-0.1, -0.05) is 0 Å². The predicted molar refractivity (Wildman–Crippen MR) is 82.9 cm³/mol. The van der Waals surface area contributed by atoms with Crippen molar-refractivity contribution in [3.63, 3.8) is 0 Å². The molecular formula is C14H22FN4O3S+. The van der Waals surface area contributed by atoms with E-state index >= 15 is 0 Å². The summed E-state index contributed by atoms with van der Waals surface area (Å²) in [7, 11) is 1.10. The summed E-state index contributed by atoms with van der Waals surface area (Å²) in [6.07, 6.45) is 0. The number of nitrogens with zero attached hydrogens (tertiary/aromatic N) is 2. The lowest BCUT2D eigenvalue weighted by Gasteiger charge is -2.30. The fourth-order valence-corrected chi connectivity index (χ4v) is 3.18. The fraction of sp³-hybridized carbons (Fsp3) is 0.500. The molecule has 1 fully saturated rings. The topological polar surface area (TPSA) is 74.2 Å². The van der Waals surface area contributed by atoms with Crippen molar-refractivity contribution in [3.8, 4) is 0 Å². The Labute approximate surface area is 135 Å². The molecule has 7 nitrogen and oxygen atoms in total. The van der Waals surface area contributed by atoms with Gasteiger partial charge in [-0.3, -0.25) is 10.2 Å². The maximum atomic E-state index is 13.9. The molecule has 0 bridgehead atoms. The van der Waals surface area contributed by atoms with Crippen LogP contribution in [0.15, 0.2) is 23.1 Å². The highest BCUT2D eigenvalue weighted by Gasteiger charge is 2.23. The highest BCUT2D eigenvalue weighted by molar-refractivity contribution is 7.89. The maximum absolute atomic E-state index is 13.9. The lowest BCUT2D eigenvalue weighted by Crippen LogP contribution is -3.12. The van der Waals surface area contributed by atoms with Crippen LogP contribution < -0.4 is 10.3 Å². The molecule has 23 heavy (non-hydrogen) atoms. The molecule has 0 spiro atoms. The molecule has 128 valence electrons. The van der Waals surface area contributed by atoms with Gasteiger partial charge in [-0.05, 0) is 18.2 Å². The predicted octanol–water partition coefficient (Wildman–Crippen LogP) is -1.45. The average Bonchev–Trinajstić information content (AvgIpc) is 2.49. The molecule has 0 aliphatic carbocycles. The normalized spacial score (nSPS) is 17.4. The fourth-order valence-electron chi connectivity index (χ4n) is 2.25. The van der Waals surface area contributed by atoms with Gasteiger partial charge in [0.15, 0.2) is 0 Å². The van der Waals surface area contributed by atoms with E-state index in [9.17, 15) is 17.6 Å². The summed E-state index contributed by atoms with van der Waals surface area (Å²) in [5, 5.41) is 1.72. The molecule has 0 saturated carbocycles. The van der Waals surface area contributed by atoms with Gasteiger partial charge < -0.3 is 4.90 Å². The lowest BCUT2D eigenvalue weighted by molar-refractivity contribution is -0.884. The third-order valence-corrected chi connectivity index (χ3v) is 5.65. The second kappa shape index (κ2) is 6.91. The molecule has 1 saturated heterocycles. The van der Waals surface area contributed by atoms with Crippen LogP contribution >= 0.6 is 0 Å². The average molecular weight is 345 g/mol. The van der Waals surface area contributed by atoms with Crippen LogP contribution in [0.5, 0.6) is 0 Å². The monoisotopic (exact) mass is 345 g/mol. The number of amides is 1. The van der Waals surface area contributed by atoms with Gasteiger partial charge in [-0.2, -0.15) is 0 Å². The molecule has 1 aromatic rings. The summed E-state index contributed by atoms with van der Waals surface area (Å²) in [5.74, 6) is -1.39. The van der Waals surface area contributed by atoms with Gasteiger partial charge in [-0.25, -0.2) is 22.1 Å². The minimum absolute atomic E-state index is 0.114. The van der Waals surface area contributed by atoms with Crippen LogP contribution in [0, 0.1) is 5.82 Å². The quantitative estimate of drug-likeness (QED) is 0.700. The summed E-state index contributed by atoms with van der Waals surface area (Å²) < 4.78 is 39.2. The zero-order valence-electron chi connectivity index (χ0n) is 13.5. The van der Waals surface area contributed by atoms with Crippen molar-refractivity contribution >= 4 is 15.9 Å². The molecule has 2 rings (SSSR count). The molecule has 1 heterocycles. The Balaban J connectivity index is 2.20. The van der Waals surface area contributed by atoms with Gasteiger partial charge in [0, 0.05) is 14.1 Å². The Hall–Kier alpha value is -1.55. The number of carbonyl (C=O) groups is 1. The van der Waals surface area contributed by atoms with Crippen molar-refractivity contribution in [2.24, 2.45) is 0 Å². The zero-order valence-corrected chi connectivity index (χ0v) is 14.3. The van der Waals surface area contributed by atoms with Crippen molar-refractivity contribution < 1.29 is 22.5 Å². The third kappa shape index (κ3) is 4.05. The zero-order chi connectivity index (χ0) is 17.2. The third-order valence-electron chi connectivity index (χ3n) is 3.84. The minimum atomic E-state index is -3.72. The number of rotatable bonds is 4. The number of likely N-dealkylation sites (N-methyl/N-ethyl adjacent to an activating group) is 1. The van der Waals surface area contributed by atoms with Crippen molar-refractivity contribution in [2.75, 3.05) is 47.3 Å². The molecule has 9 heteroatoms. The van der Waals surface area contributed by atoms with Crippen LogP contribution in [0.4, 0.5) is 4.39 Å². The number of carbonyl (C=O) groups excluding carboxylic acids is 1. The number of piperazine rings is 1. The second-order valence-electron chi connectivity index (χ2n) is 5.81. The van der Waals surface area contributed by atoms with Crippen LogP contribution in [0.25, 0.3) is 0 Å². The summed E-state index contributed by atoms with van der Waals surface area (Å²) in [4.78, 5) is 13.5. The second-order valence-corrected chi connectivity index (χ2v) is 7.97. The first-order valence-electron chi connectivity index (χ1n) is 7.31. The number of hydrogen-bond donors (Lipinski definition) is 2. The van der Waals surface area contributed by atoms with Gasteiger partial charge >= 0.3 is 0 Å². The molecule has 1 aromatic carbocycles. The standard InChI is InChI=1S/C14H21FN4O3S/c1-17(2)23(21,22)11-4-5-13(15)12(10-11)14(20)16-19-8-6-18(3)7-9-19/h4-5,10H,6-9H2,1-3H3,(H,16,20)/p+1. The lowest BCUT2D eigenvalue weighted by atomic mass is 10.2. The summed E-state index contributed by atoms with van der Waals surface area (Å²) in [5.41, 5.74) is 2.36. The molecule has 0 radical (unpaired) electrons. The summed E-state index contributed by atoms with van der Waals surface area (Å²) in [6.45, 7) is 3.07. The maximum Gasteiger partial charge on any atom is 0.268 e. The van der Waals surface area contributed by atoms with E-state index in [0.29, 0.717) is 13.1 Å². The Bertz CT molecular complexity index is 685. The van der Waals surface area contributed by atoms with E-state index in [1.54, 1.807) is 5.01 Å². The first-order chi connectivity index (χ1) is 10.7. The highest BCUT2D eigenvalue weighted by Crippen LogP contribution is 2.17. The number of halogens is 1. The van der Waals surface area contributed by atoms with Crippen LogP contribution in [-0.4, -0.2) is 71.0 Å². The largest absolute Gasteiger partial charge is 0.335 e. The molecular weight excluding hydrogens is 323 g/mol. The molecule has 0 unspecified atom stereocenters.